The topological polar surface area (TPSA) is 155 Å². The molecule has 0 radical (unpaired) electrons. The van der Waals surface area contributed by atoms with Gasteiger partial charge in [0, 0.05) is 58.8 Å². The van der Waals surface area contributed by atoms with Crippen LogP contribution in [-0.2, 0) is 42.9 Å². The van der Waals surface area contributed by atoms with E-state index in [1.54, 1.807) is 83.1 Å². The summed E-state index contributed by atoms with van der Waals surface area (Å²) in [5, 5.41) is 9.52. The van der Waals surface area contributed by atoms with Gasteiger partial charge >= 0.3 is 29.8 Å². The molecule has 14 nitrogen and oxygen atoms in total. The normalized spacial score (nSPS) is 18.0. The Hall–Kier alpha value is -2.81. The maximum atomic E-state index is 13.5. The van der Waals surface area contributed by atoms with E-state index >= 15 is 0 Å². The monoisotopic (exact) mass is 700 g/mol. The summed E-state index contributed by atoms with van der Waals surface area (Å²) < 4.78 is 22.5. The average molecular weight is 701 g/mol. The second-order valence-electron chi connectivity index (χ2n) is 16.6. The van der Waals surface area contributed by atoms with Crippen molar-refractivity contribution in [3.8, 4) is 0 Å². The van der Waals surface area contributed by atoms with Crippen molar-refractivity contribution in [2.75, 3.05) is 72.0 Å². The van der Waals surface area contributed by atoms with Gasteiger partial charge in [-0.1, -0.05) is 0 Å². The molecule has 1 rings (SSSR count). The zero-order valence-electron chi connectivity index (χ0n) is 32.2. The molecular formula is C35H64N4O10. The number of carbonyl (C=O) groups is 5. The highest BCUT2D eigenvalue weighted by atomic mass is 16.6. The molecule has 0 aromatic carbocycles. The first kappa shape index (κ1) is 44.2. The Balaban J connectivity index is 3.50. The second kappa shape index (κ2) is 19.0. The van der Waals surface area contributed by atoms with Gasteiger partial charge in [0.2, 0.25) is 0 Å². The van der Waals surface area contributed by atoms with Gasteiger partial charge in [-0.2, -0.15) is 0 Å². The first-order valence-electron chi connectivity index (χ1n) is 17.2. The van der Waals surface area contributed by atoms with Gasteiger partial charge in [0.1, 0.15) is 28.4 Å². The maximum absolute atomic E-state index is 13.5. The molecule has 0 aromatic rings. The highest BCUT2D eigenvalue weighted by molar-refractivity contribution is 5.77. The lowest BCUT2D eigenvalue weighted by molar-refractivity contribution is -0.163. The molecule has 0 aliphatic carbocycles. The smallest absolute Gasteiger partial charge is 0.323 e. The number of esters is 4. The third-order valence-corrected chi connectivity index (χ3v) is 6.94. The quantitative estimate of drug-likeness (QED) is 0.248. The van der Waals surface area contributed by atoms with Gasteiger partial charge in [0.15, 0.2) is 0 Å². The summed E-state index contributed by atoms with van der Waals surface area (Å²) in [5.41, 5.74) is -2.83. The van der Waals surface area contributed by atoms with Crippen LogP contribution in [0.15, 0.2) is 0 Å². The lowest BCUT2D eigenvalue weighted by atomic mass is 10.1. The Kier molecular flexibility index (Phi) is 17.1. The summed E-state index contributed by atoms with van der Waals surface area (Å²) in [6, 6.07) is -0.881. The van der Waals surface area contributed by atoms with Crippen molar-refractivity contribution in [2.45, 2.75) is 124 Å². The molecule has 0 aromatic heterocycles. The van der Waals surface area contributed by atoms with Crippen LogP contribution in [-0.4, -0.2) is 155 Å². The van der Waals surface area contributed by atoms with Gasteiger partial charge in [-0.25, -0.2) is 0 Å². The number of nitrogens with zero attached hydrogens (tertiary/aromatic N) is 4. The van der Waals surface area contributed by atoms with Gasteiger partial charge in [-0.05, 0) is 89.5 Å². The number of carboxylic acids is 1. The first-order chi connectivity index (χ1) is 22.2. The first-order valence-corrected chi connectivity index (χ1v) is 17.2. The highest BCUT2D eigenvalue weighted by Gasteiger charge is 2.33. The predicted molar refractivity (Wildman–Crippen MR) is 185 cm³/mol. The zero-order chi connectivity index (χ0) is 37.8. The third-order valence-electron chi connectivity index (χ3n) is 6.94. The zero-order valence-corrected chi connectivity index (χ0v) is 32.2. The van der Waals surface area contributed by atoms with Crippen LogP contribution in [0.4, 0.5) is 0 Å². The molecule has 284 valence electrons. The molecule has 0 amide bonds. The van der Waals surface area contributed by atoms with Crippen LogP contribution in [0.1, 0.15) is 95.9 Å². The summed E-state index contributed by atoms with van der Waals surface area (Å²) in [7, 11) is 0. The van der Waals surface area contributed by atoms with E-state index < -0.39 is 52.3 Å². The Morgan fingerprint density at radius 1 is 0.510 bits per heavy atom. The molecule has 0 saturated carbocycles. The summed E-state index contributed by atoms with van der Waals surface area (Å²) in [6.45, 7) is 24.2. The fourth-order valence-electron chi connectivity index (χ4n) is 5.09. The number of carbonyl (C=O) groups excluding carboxylic acids is 4. The standard InChI is InChI=1S/C35H64N4O10/c1-32(2,3)46-28(42)23-36-15-17-37(24-29(43)47-33(4,5)6)19-21-39(26(13-14-27(40)41)31(45)49-35(10,11)12)22-20-38(18-16-36)25-30(44)48-34(7,8)9/h26H,13-25H2,1-12H3,(H,40,41). The van der Waals surface area contributed by atoms with E-state index in [2.05, 4.69) is 0 Å². The van der Waals surface area contributed by atoms with Crippen LogP contribution in [0.5, 0.6) is 0 Å². The van der Waals surface area contributed by atoms with Crippen molar-refractivity contribution in [2.24, 2.45) is 0 Å². The largest absolute Gasteiger partial charge is 0.481 e. The Morgan fingerprint density at radius 2 is 0.796 bits per heavy atom. The number of hydrogen-bond donors (Lipinski definition) is 1. The van der Waals surface area contributed by atoms with E-state index in [4.69, 9.17) is 18.9 Å². The second-order valence-corrected chi connectivity index (χ2v) is 16.6. The Labute approximate surface area is 293 Å². The SMILES string of the molecule is CC(C)(C)OC(=O)CN1CCN(CC(=O)OC(C)(C)C)CCN(C(CCC(=O)O)C(=O)OC(C)(C)C)CCN(CC(=O)OC(C)(C)C)CC1. The van der Waals surface area contributed by atoms with Gasteiger partial charge in [-0.3, -0.25) is 43.6 Å². The maximum Gasteiger partial charge on any atom is 0.323 e. The molecule has 0 bridgehead atoms. The Bertz CT molecular complexity index is 1060. The lowest BCUT2D eigenvalue weighted by Crippen LogP contribution is -2.53. The number of rotatable bonds is 11. The summed E-state index contributed by atoms with van der Waals surface area (Å²) in [6.07, 6.45) is -0.227. The van der Waals surface area contributed by atoms with Crippen molar-refractivity contribution in [3.63, 3.8) is 0 Å². The summed E-state index contributed by atoms with van der Waals surface area (Å²) in [4.78, 5) is 71.6. The predicted octanol–water partition coefficient (Wildman–Crippen LogP) is 2.81. The number of ether oxygens (including phenoxy) is 4. The van der Waals surface area contributed by atoms with Gasteiger partial charge in [0.25, 0.3) is 0 Å². The molecule has 1 saturated heterocycles. The van der Waals surface area contributed by atoms with Crippen LogP contribution in [0.3, 0.4) is 0 Å². The van der Waals surface area contributed by atoms with Gasteiger partial charge in [-0.15, -0.1) is 0 Å². The molecule has 1 unspecified atom stereocenters. The molecular weight excluding hydrogens is 636 g/mol. The fourth-order valence-corrected chi connectivity index (χ4v) is 5.09. The molecule has 0 spiro atoms. The van der Waals surface area contributed by atoms with Crippen LogP contribution >= 0.6 is 0 Å². The van der Waals surface area contributed by atoms with Crippen LogP contribution in [0.25, 0.3) is 0 Å². The van der Waals surface area contributed by atoms with Crippen molar-refractivity contribution < 1.29 is 48.0 Å². The number of hydrogen-bond acceptors (Lipinski definition) is 13. The third kappa shape index (κ3) is 21.8. The highest BCUT2D eigenvalue weighted by Crippen LogP contribution is 2.17. The van der Waals surface area contributed by atoms with Crippen molar-refractivity contribution >= 4 is 29.8 Å². The van der Waals surface area contributed by atoms with Crippen LogP contribution < -0.4 is 0 Å². The molecule has 1 heterocycles. The summed E-state index contributed by atoms with van der Waals surface area (Å²) in [5.74, 6) is -2.79. The van der Waals surface area contributed by atoms with Crippen molar-refractivity contribution in [3.05, 3.63) is 0 Å². The summed E-state index contributed by atoms with van der Waals surface area (Å²) >= 11 is 0. The lowest BCUT2D eigenvalue weighted by Gasteiger charge is -2.37. The Morgan fingerprint density at radius 3 is 1.06 bits per heavy atom. The van der Waals surface area contributed by atoms with Crippen LogP contribution in [0, 0.1) is 0 Å². The van der Waals surface area contributed by atoms with Crippen LogP contribution in [0.2, 0.25) is 0 Å². The molecule has 14 heteroatoms. The van der Waals surface area contributed by atoms with E-state index in [-0.39, 0.29) is 38.4 Å². The van der Waals surface area contributed by atoms with Crippen molar-refractivity contribution in [1.29, 1.82) is 0 Å². The number of aliphatic carboxylic acids is 1. The van der Waals surface area contributed by atoms with Gasteiger partial charge < -0.3 is 24.1 Å². The molecule has 1 N–H and O–H groups in total. The number of carboxylic acid groups (broad SMARTS) is 1. The van der Waals surface area contributed by atoms with E-state index in [9.17, 15) is 29.1 Å². The van der Waals surface area contributed by atoms with Crippen molar-refractivity contribution in [1.82, 2.24) is 19.6 Å². The minimum atomic E-state index is -1.04. The average Bonchev–Trinajstić information content (AvgIpc) is 2.85. The van der Waals surface area contributed by atoms with E-state index in [1.165, 1.54) is 0 Å². The fraction of sp³-hybridized carbons (Fsp3) is 0.857. The minimum Gasteiger partial charge on any atom is -0.481 e. The van der Waals surface area contributed by atoms with E-state index in [0.717, 1.165) is 0 Å². The molecule has 1 fully saturated rings. The van der Waals surface area contributed by atoms with E-state index in [1.807, 2.05) is 19.6 Å². The van der Waals surface area contributed by atoms with Gasteiger partial charge in [0.05, 0.1) is 19.6 Å². The molecule has 49 heavy (non-hydrogen) atoms. The molecule has 1 aliphatic heterocycles. The molecule has 1 aliphatic rings. The molecule has 1 atom stereocenters. The minimum absolute atomic E-state index is 0.0137. The van der Waals surface area contributed by atoms with E-state index in [0.29, 0.717) is 52.4 Å².